The van der Waals surface area contributed by atoms with Gasteiger partial charge in [0.2, 0.25) is 15.9 Å². The number of aryl methyl sites for hydroxylation is 1. The number of hydrogen-bond acceptors (Lipinski definition) is 5. The van der Waals surface area contributed by atoms with Crippen molar-refractivity contribution in [3.8, 4) is 5.75 Å². The number of nitrogens with zero attached hydrogens (tertiary/aromatic N) is 1. The molecule has 1 fully saturated rings. The van der Waals surface area contributed by atoms with Crippen LogP contribution in [0, 0.1) is 5.92 Å². The Morgan fingerprint density at radius 1 is 1.09 bits per heavy atom. The van der Waals surface area contributed by atoms with E-state index in [0.717, 1.165) is 18.4 Å². The van der Waals surface area contributed by atoms with E-state index in [1.807, 2.05) is 0 Å². The molecule has 1 aliphatic heterocycles. The smallest absolute Gasteiger partial charge is 0.246 e. The summed E-state index contributed by atoms with van der Waals surface area (Å²) >= 11 is 0. The van der Waals surface area contributed by atoms with E-state index in [0.29, 0.717) is 31.9 Å². The lowest BCUT2D eigenvalue weighted by molar-refractivity contribution is -0.121. The zero-order chi connectivity index (χ0) is 24.7. The van der Waals surface area contributed by atoms with Crippen LogP contribution < -0.4 is 10.1 Å². The number of morpholine rings is 1. The summed E-state index contributed by atoms with van der Waals surface area (Å²) in [5.74, 6) is 0.313. The van der Waals surface area contributed by atoms with Crippen molar-refractivity contribution in [1.82, 2.24) is 9.62 Å². The van der Waals surface area contributed by atoms with E-state index in [1.54, 1.807) is 18.2 Å². The molecule has 7 nitrogen and oxygen atoms in total. The molecule has 0 aromatic heterocycles. The van der Waals surface area contributed by atoms with Crippen molar-refractivity contribution in [2.45, 2.75) is 51.0 Å². The van der Waals surface area contributed by atoms with E-state index in [1.165, 1.54) is 17.0 Å². The first-order valence-electron chi connectivity index (χ1n) is 11.9. The first kappa shape index (κ1) is 26.2. The number of carbonyl (C=O) groups excluding carboxylic acids is 1. The van der Waals surface area contributed by atoms with Gasteiger partial charge in [0.05, 0.1) is 32.8 Å². The van der Waals surface area contributed by atoms with Crippen LogP contribution in [0.2, 0.25) is 0 Å². The Kier molecular flexibility index (Phi) is 9.10. The molecule has 0 unspecified atom stereocenters. The summed E-state index contributed by atoms with van der Waals surface area (Å²) in [4.78, 5) is 13.0. The summed E-state index contributed by atoms with van der Waals surface area (Å²) in [5.41, 5.74) is 2.96. The minimum Gasteiger partial charge on any atom is -0.495 e. The Balaban J connectivity index is 1.77. The second kappa shape index (κ2) is 11.8. The molecular formula is C26H36N2O5S. The largest absolute Gasteiger partial charge is 0.495 e. The van der Waals surface area contributed by atoms with Gasteiger partial charge in [-0.1, -0.05) is 57.5 Å². The SMILES string of the molecule is CCCc1ccc([C@H](NC(=O)Cc2ccc(OC)c(S(=O)(=O)N3CCOCC3)c2)C(C)C)cc1. The van der Waals surface area contributed by atoms with Gasteiger partial charge in [0.25, 0.3) is 0 Å². The maximum Gasteiger partial charge on any atom is 0.246 e. The lowest BCUT2D eigenvalue weighted by Gasteiger charge is -2.27. The summed E-state index contributed by atoms with van der Waals surface area (Å²) in [6.45, 7) is 7.62. The molecule has 1 atom stereocenters. The number of ether oxygens (including phenoxy) is 2. The van der Waals surface area contributed by atoms with Crippen molar-refractivity contribution in [2.75, 3.05) is 33.4 Å². The number of carbonyl (C=O) groups is 1. The predicted octanol–water partition coefficient (Wildman–Crippen LogP) is 3.72. The second-order valence-electron chi connectivity index (χ2n) is 8.96. The summed E-state index contributed by atoms with van der Waals surface area (Å²) in [6, 6.07) is 13.2. The fourth-order valence-electron chi connectivity index (χ4n) is 4.18. The van der Waals surface area contributed by atoms with Crippen LogP contribution in [0.25, 0.3) is 0 Å². The molecule has 1 amide bonds. The van der Waals surface area contributed by atoms with Crippen LogP contribution in [0.5, 0.6) is 5.75 Å². The fraction of sp³-hybridized carbons (Fsp3) is 0.500. The van der Waals surface area contributed by atoms with Crippen LogP contribution in [-0.2, 0) is 32.4 Å². The quantitative estimate of drug-likeness (QED) is 0.551. The van der Waals surface area contributed by atoms with Gasteiger partial charge in [0, 0.05) is 13.1 Å². The van der Waals surface area contributed by atoms with Crippen LogP contribution in [0.3, 0.4) is 0 Å². The molecule has 0 saturated carbocycles. The molecule has 1 aliphatic rings. The van der Waals surface area contributed by atoms with Crippen LogP contribution in [0.15, 0.2) is 47.4 Å². The molecule has 186 valence electrons. The van der Waals surface area contributed by atoms with Gasteiger partial charge in [-0.2, -0.15) is 4.31 Å². The highest BCUT2D eigenvalue weighted by Crippen LogP contribution is 2.29. The van der Waals surface area contributed by atoms with Crippen molar-refractivity contribution in [1.29, 1.82) is 0 Å². The number of hydrogen-bond donors (Lipinski definition) is 1. The van der Waals surface area contributed by atoms with E-state index in [2.05, 4.69) is 50.4 Å². The van der Waals surface area contributed by atoms with Gasteiger partial charge in [-0.3, -0.25) is 4.79 Å². The molecule has 1 saturated heterocycles. The summed E-state index contributed by atoms with van der Waals surface area (Å²) in [6.07, 6.45) is 2.20. The van der Waals surface area contributed by atoms with Gasteiger partial charge in [-0.15, -0.1) is 0 Å². The van der Waals surface area contributed by atoms with Gasteiger partial charge in [-0.25, -0.2) is 8.42 Å². The highest BCUT2D eigenvalue weighted by Gasteiger charge is 2.30. The first-order chi connectivity index (χ1) is 16.3. The second-order valence-corrected chi connectivity index (χ2v) is 10.9. The number of benzene rings is 2. The normalized spacial score (nSPS) is 15.8. The average Bonchev–Trinajstić information content (AvgIpc) is 2.83. The third-order valence-corrected chi connectivity index (χ3v) is 7.96. The van der Waals surface area contributed by atoms with Crippen LogP contribution in [-0.4, -0.2) is 52.0 Å². The predicted molar refractivity (Wildman–Crippen MR) is 132 cm³/mol. The third kappa shape index (κ3) is 6.37. The molecular weight excluding hydrogens is 452 g/mol. The highest BCUT2D eigenvalue weighted by molar-refractivity contribution is 7.89. The zero-order valence-electron chi connectivity index (χ0n) is 20.5. The molecule has 3 rings (SSSR count). The molecule has 0 spiro atoms. The number of amides is 1. The van der Waals surface area contributed by atoms with Gasteiger partial charge in [-0.05, 0) is 41.2 Å². The summed E-state index contributed by atoms with van der Waals surface area (Å²) in [5, 5.41) is 3.14. The Morgan fingerprint density at radius 2 is 1.74 bits per heavy atom. The maximum atomic E-state index is 13.2. The number of sulfonamides is 1. The van der Waals surface area contributed by atoms with Gasteiger partial charge in [0.1, 0.15) is 10.6 Å². The van der Waals surface area contributed by atoms with E-state index < -0.39 is 10.0 Å². The molecule has 0 aliphatic carbocycles. The average molecular weight is 489 g/mol. The lowest BCUT2D eigenvalue weighted by atomic mass is 9.94. The standard InChI is InChI=1S/C26H36N2O5S/c1-5-6-20-7-10-22(11-8-20)26(19(2)3)27-25(29)18-21-9-12-23(32-4)24(17-21)34(30,31)28-13-15-33-16-14-28/h7-12,17,19,26H,5-6,13-16,18H2,1-4H3,(H,27,29)/t26-/m1/s1. The first-order valence-corrected chi connectivity index (χ1v) is 13.3. The molecule has 1 heterocycles. The van der Waals surface area contributed by atoms with Crippen LogP contribution >= 0.6 is 0 Å². The molecule has 34 heavy (non-hydrogen) atoms. The Hall–Kier alpha value is -2.42. The Morgan fingerprint density at radius 3 is 2.32 bits per heavy atom. The number of methoxy groups -OCH3 is 1. The van der Waals surface area contributed by atoms with Crippen molar-refractivity contribution in [2.24, 2.45) is 5.92 Å². The van der Waals surface area contributed by atoms with Crippen LogP contribution in [0.4, 0.5) is 0 Å². The molecule has 8 heteroatoms. The topological polar surface area (TPSA) is 84.9 Å². The third-order valence-electron chi connectivity index (χ3n) is 6.04. The monoisotopic (exact) mass is 488 g/mol. The van der Waals surface area contributed by atoms with E-state index >= 15 is 0 Å². The molecule has 2 aromatic carbocycles. The van der Waals surface area contributed by atoms with Crippen molar-refractivity contribution in [3.63, 3.8) is 0 Å². The zero-order valence-corrected chi connectivity index (χ0v) is 21.4. The van der Waals surface area contributed by atoms with Gasteiger partial charge in [0.15, 0.2) is 0 Å². The minimum absolute atomic E-state index is 0.0762. The van der Waals surface area contributed by atoms with E-state index in [9.17, 15) is 13.2 Å². The van der Waals surface area contributed by atoms with E-state index in [-0.39, 0.29) is 34.9 Å². The van der Waals surface area contributed by atoms with Crippen molar-refractivity contribution < 1.29 is 22.7 Å². The maximum absolute atomic E-state index is 13.2. The van der Waals surface area contributed by atoms with Crippen molar-refractivity contribution >= 4 is 15.9 Å². The molecule has 0 radical (unpaired) electrons. The Labute approximate surface area is 203 Å². The molecule has 0 bridgehead atoms. The van der Waals surface area contributed by atoms with Crippen molar-refractivity contribution in [3.05, 3.63) is 59.2 Å². The Bertz CT molecular complexity index is 1060. The molecule has 2 aromatic rings. The summed E-state index contributed by atoms with van der Waals surface area (Å²) in [7, 11) is -2.31. The summed E-state index contributed by atoms with van der Waals surface area (Å²) < 4.78 is 38.4. The fourth-order valence-corrected chi connectivity index (χ4v) is 5.80. The molecule has 1 N–H and O–H groups in total. The van der Waals surface area contributed by atoms with Crippen LogP contribution in [0.1, 0.15) is 49.9 Å². The minimum atomic E-state index is -3.75. The van der Waals surface area contributed by atoms with Gasteiger partial charge < -0.3 is 14.8 Å². The number of rotatable bonds is 10. The van der Waals surface area contributed by atoms with Gasteiger partial charge >= 0.3 is 0 Å². The lowest BCUT2D eigenvalue weighted by Crippen LogP contribution is -2.40. The number of nitrogens with one attached hydrogen (secondary N) is 1. The highest BCUT2D eigenvalue weighted by atomic mass is 32.2. The van der Waals surface area contributed by atoms with E-state index in [4.69, 9.17) is 9.47 Å².